The van der Waals surface area contributed by atoms with Gasteiger partial charge in [-0.15, -0.1) is 5.92 Å². The summed E-state index contributed by atoms with van der Waals surface area (Å²) in [6, 6.07) is 7.71. The van der Waals surface area contributed by atoms with Gasteiger partial charge in [0.15, 0.2) is 5.54 Å². The quantitative estimate of drug-likeness (QED) is 0.403. The third kappa shape index (κ3) is 7.40. The molecule has 1 aliphatic heterocycles. The molecule has 1 unspecified atom stereocenters. The molecular weight excluding hydrogens is 430 g/mol. The lowest BCUT2D eigenvalue weighted by atomic mass is 10.0. The number of nitrogens with zero attached hydrogens (tertiary/aromatic N) is 2. The molecule has 0 aromatic heterocycles. The molecule has 0 spiro atoms. The van der Waals surface area contributed by atoms with Crippen LogP contribution in [0.4, 0.5) is 5.69 Å². The molecule has 1 saturated heterocycles. The van der Waals surface area contributed by atoms with Crippen LogP contribution in [-0.4, -0.2) is 67.9 Å². The molecule has 8 nitrogen and oxygen atoms in total. The first-order chi connectivity index (χ1) is 15.2. The summed E-state index contributed by atoms with van der Waals surface area (Å²) < 4.78 is 33.0. The smallest absolute Gasteiger partial charge is 0.337 e. The third-order valence-corrected chi connectivity index (χ3v) is 7.32. The summed E-state index contributed by atoms with van der Waals surface area (Å²) in [5.74, 6) is 3.89. The molecule has 32 heavy (non-hydrogen) atoms. The Hall–Kier alpha value is -2.28. The van der Waals surface area contributed by atoms with E-state index in [0.717, 1.165) is 30.7 Å². The molecule has 0 amide bonds. The summed E-state index contributed by atoms with van der Waals surface area (Å²) >= 11 is 0. The molecule has 0 bridgehead atoms. The minimum absolute atomic E-state index is 0.251. The standard InChI is InChI=1S/C23H35N3O5S/c1-3-5-6-7-8-13-23(24,22(27)28)19-32(29,30)26-15-10-14-25(16-17-26)20-11-9-12-21(18-20)31-4-2/h9,11-12,18H,3-7,10,14-17,19,24H2,1-2H3,(H,27,28). The summed E-state index contributed by atoms with van der Waals surface area (Å²) in [5.41, 5.74) is 4.79. The summed E-state index contributed by atoms with van der Waals surface area (Å²) in [4.78, 5) is 13.9. The van der Waals surface area contributed by atoms with Crippen molar-refractivity contribution in [2.75, 3.05) is 43.4 Å². The number of carboxylic acids is 1. The summed E-state index contributed by atoms with van der Waals surface area (Å²) in [6.07, 6.45) is 3.95. The van der Waals surface area contributed by atoms with Gasteiger partial charge in [-0.25, -0.2) is 13.2 Å². The van der Waals surface area contributed by atoms with Crippen molar-refractivity contribution in [3.8, 4) is 17.6 Å². The predicted molar refractivity (Wildman–Crippen MR) is 126 cm³/mol. The van der Waals surface area contributed by atoms with Gasteiger partial charge >= 0.3 is 5.97 Å². The highest BCUT2D eigenvalue weighted by molar-refractivity contribution is 7.89. The van der Waals surface area contributed by atoms with Gasteiger partial charge in [0.05, 0.1) is 6.61 Å². The molecule has 1 aromatic rings. The highest BCUT2D eigenvalue weighted by Crippen LogP contribution is 2.23. The Morgan fingerprint density at radius 1 is 1.22 bits per heavy atom. The maximum Gasteiger partial charge on any atom is 0.337 e. The maximum absolute atomic E-state index is 13.1. The monoisotopic (exact) mass is 465 g/mol. The Labute approximate surface area is 191 Å². The number of anilines is 1. The molecule has 178 valence electrons. The fourth-order valence-corrected chi connectivity index (χ4v) is 5.30. The average molecular weight is 466 g/mol. The zero-order chi connectivity index (χ0) is 23.6. The van der Waals surface area contributed by atoms with Crippen molar-refractivity contribution in [3.05, 3.63) is 24.3 Å². The minimum atomic E-state index is -3.91. The van der Waals surface area contributed by atoms with E-state index in [-0.39, 0.29) is 6.54 Å². The average Bonchev–Trinajstić information content (AvgIpc) is 3.01. The van der Waals surface area contributed by atoms with Gasteiger partial charge in [0.1, 0.15) is 11.5 Å². The van der Waals surface area contributed by atoms with Crippen LogP contribution in [0.1, 0.15) is 46.0 Å². The molecule has 0 aliphatic carbocycles. The normalized spacial score (nSPS) is 17.0. The molecule has 3 N–H and O–H groups in total. The number of hydrogen-bond acceptors (Lipinski definition) is 6. The van der Waals surface area contributed by atoms with Crippen LogP contribution in [0.5, 0.6) is 5.75 Å². The molecule has 1 aliphatic rings. The first kappa shape index (κ1) is 26.0. The van der Waals surface area contributed by atoms with E-state index in [0.29, 0.717) is 39.1 Å². The van der Waals surface area contributed by atoms with Crippen LogP contribution in [0, 0.1) is 11.8 Å². The molecule has 1 heterocycles. The van der Waals surface area contributed by atoms with E-state index < -0.39 is 27.3 Å². The number of hydrogen-bond donors (Lipinski definition) is 2. The van der Waals surface area contributed by atoms with Gasteiger partial charge in [0, 0.05) is 44.4 Å². The van der Waals surface area contributed by atoms with Crippen molar-refractivity contribution in [2.24, 2.45) is 5.73 Å². The minimum Gasteiger partial charge on any atom is -0.494 e. The molecule has 1 fully saturated rings. The van der Waals surface area contributed by atoms with E-state index in [4.69, 9.17) is 10.5 Å². The highest BCUT2D eigenvalue weighted by Gasteiger charge is 2.40. The van der Waals surface area contributed by atoms with Crippen molar-refractivity contribution < 1.29 is 23.1 Å². The third-order valence-electron chi connectivity index (χ3n) is 5.35. The van der Waals surface area contributed by atoms with Gasteiger partial charge in [-0.1, -0.05) is 31.8 Å². The molecule has 0 radical (unpaired) electrons. The molecule has 1 aromatic carbocycles. The topological polar surface area (TPSA) is 113 Å². The van der Waals surface area contributed by atoms with Gasteiger partial charge in [0.2, 0.25) is 10.0 Å². The van der Waals surface area contributed by atoms with Crippen LogP contribution in [0.3, 0.4) is 0 Å². The second-order valence-electron chi connectivity index (χ2n) is 7.96. The number of carboxylic acid groups (broad SMARTS) is 1. The van der Waals surface area contributed by atoms with E-state index in [1.54, 1.807) is 0 Å². The van der Waals surface area contributed by atoms with Crippen molar-refractivity contribution in [1.82, 2.24) is 4.31 Å². The largest absolute Gasteiger partial charge is 0.494 e. The Kier molecular flexibility index (Phi) is 9.82. The van der Waals surface area contributed by atoms with Crippen LogP contribution >= 0.6 is 0 Å². The molecule has 0 saturated carbocycles. The van der Waals surface area contributed by atoms with Crippen LogP contribution in [0.2, 0.25) is 0 Å². The number of nitrogens with two attached hydrogens (primary N) is 1. The first-order valence-electron chi connectivity index (χ1n) is 11.2. The number of carbonyl (C=O) groups is 1. The zero-order valence-corrected chi connectivity index (χ0v) is 19.9. The zero-order valence-electron chi connectivity index (χ0n) is 19.0. The fraction of sp³-hybridized carbons (Fsp3) is 0.609. The molecular formula is C23H35N3O5S. The van der Waals surface area contributed by atoms with Gasteiger partial charge in [-0.3, -0.25) is 0 Å². The molecule has 2 rings (SSSR count). The molecule has 9 heteroatoms. The van der Waals surface area contributed by atoms with Crippen LogP contribution < -0.4 is 15.4 Å². The second kappa shape index (κ2) is 12.1. The van der Waals surface area contributed by atoms with Gasteiger partial charge in [-0.05, 0) is 31.9 Å². The van der Waals surface area contributed by atoms with E-state index in [1.165, 1.54) is 4.31 Å². The van der Waals surface area contributed by atoms with Crippen molar-refractivity contribution in [3.63, 3.8) is 0 Å². The van der Waals surface area contributed by atoms with Crippen LogP contribution in [0.25, 0.3) is 0 Å². The van der Waals surface area contributed by atoms with E-state index in [1.807, 2.05) is 31.2 Å². The summed E-state index contributed by atoms with van der Waals surface area (Å²) in [5, 5.41) is 9.58. The van der Waals surface area contributed by atoms with Gasteiger partial charge < -0.3 is 20.5 Å². The Morgan fingerprint density at radius 2 is 2.00 bits per heavy atom. The Morgan fingerprint density at radius 3 is 2.69 bits per heavy atom. The van der Waals surface area contributed by atoms with Crippen LogP contribution in [-0.2, 0) is 14.8 Å². The van der Waals surface area contributed by atoms with Crippen molar-refractivity contribution in [1.29, 1.82) is 0 Å². The lowest BCUT2D eigenvalue weighted by Crippen LogP contribution is -2.55. The highest BCUT2D eigenvalue weighted by atomic mass is 32.2. The van der Waals surface area contributed by atoms with Crippen molar-refractivity contribution >= 4 is 21.7 Å². The van der Waals surface area contributed by atoms with E-state index in [9.17, 15) is 18.3 Å². The lowest BCUT2D eigenvalue weighted by molar-refractivity contribution is -0.140. The number of aliphatic carboxylic acids is 1. The van der Waals surface area contributed by atoms with E-state index in [2.05, 4.69) is 23.7 Å². The number of ether oxygens (including phenoxy) is 1. The number of benzene rings is 1. The first-order valence-corrected chi connectivity index (χ1v) is 12.8. The second-order valence-corrected chi connectivity index (χ2v) is 9.93. The Bertz CT molecular complexity index is 925. The predicted octanol–water partition coefficient (Wildman–Crippen LogP) is 2.29. The van der Waals surface area contributed by atoms with Gasteiger partial charge in [0.25, 0.3) is 0 Å². The number of rotatable bonds is 10. The Balaban J connectivity index is 2.08. The van der Waals surface area contributed by atoms with Crippen LogP contribution in [0.15, 0.2) is 24.3 Å². The lowest BCUT2D eigenvalue weighted by Gasteiger charge is -2.26. The number of sulfonamides is 1. The summed E-state index contributed by atoms with van der Waals surface area (Å²) in [7, 11) is -3.91. The van der Waals surface area contributed by atoms with Crippen molar-refractivity contribution in [2.45, 2.75) is 51.5 Å². The van der Waals surface area contributed by atoms with E-state index >= 15 is 0 Å². The number of unbranched alkanes of at least 4 members (excludes halogenated alkanes) is 3. The SMILES string of the molecule is CCCCCC#CC(N)(CS(=O)(=O)N1CCCN(c2cccc(OCC)c2)CC1)C(=O)O. The summed E-state index contributed by atoms with van der Waals surface area (Å²) in [6.45, 7) is 6.29. The molecule has 1 atom stereocenters. The van der Waals surface area contributed by atoms with Gasteiger partial charge in [-0.2, -0.15) is 4.31 Å². The maximum atomic E-state index is 13.1. The fourth-order valence-electron chi connectivity index (χ4n) is 3.58.